The molecular formula is C16H23N3O. The molecule has 0 aromatic carbocycles. The number of hydrogen-bond donors (Lipinski definition) is 1. The van der Waals surface area contributed by atoms with Crippen molar-refractivity contribution in [2.75, 3.05) is 6.54 Å². The van der Waals surface area contributed by atoms with Crippen LogP contribution in [0.3, 0.4) is 0 Å². The van der Waals surface area contributed by atoms with Gasteiger partial charge in [-0.25, -0.2) is 4.98 Å². The van der Waals surface area contributed by atoms with Gasteiger partial charge in [-0.15, -0.1) is 0 Å². The van der Waals surface area contributed by atoms with Crippen LogP contribution in [0.5, 0.6) is 0 Å². The molecule has 0 unspecified atom stereocenters. The Morgan fingerprint density at radius 2 is 2.15 bits per heavy atom. The maximum Gasteiger partial charge on any atom is 0.137 e. The van der Waals surface area contributed by atoms with Gasteiger partial charge >= 0.3 is 0 Å². The minimum atomic E-state index is 0.398. The number of aromatic nitrogens is 2. The van der Waals surface area contributed by atoms with E-state index >= 15 is 0 Å². The largest absolute Gasteiger partial charge is 0.372 e. The first kappa shape index (κ1) is 13.6. The van der Waals surface area contributed by atoms with Gasteiger partial charge in [0.15, 0.2) is 0 Å². The predicted octanol–water partition coefficient (Wildman–Crippen LogP) is 2.77. The zero-order valence-electron chi connectivity index (χ0n) is 12.1. The molecule has 4 heteroatoms. The molecule has 1 N–H and O–H groups in total. The molecule has 0 aliphatic heterocycles. The molecule has 0 atom stereocenters. The Labute approximate surface area is 120 Å². The van der Waals surface area contributed by atoms with E-state index in [-0.39, 0.29) is 0 Å². The summed E-state index contributed by atoms with van der Waals surface area (Å²) in [7, 11) is 0. The fraction of sp³-hybridized carbons (Fsp3) is 0.562. The molecule has 0 saturated heterocycles. The highest BCUT2D eigenvalue weighted by atomic mass is 16.5. The van der Waals surface area contributed by atoms with Crippen LogP contribution in [0.4, 0.5) is 0 Å². The van der Waals surface area contributed by atoms with Crippen molar-refractivity contribution < 1.29 is 4.74 Å². The number of ether oxygens (including phenoxy) is 1. The van der Waals surface area contributed by atoms with Gasteiger partial charge in [0.25, 0.3) is 0 Å². The second kappa shape index (κ2) is 6.37. The van der Waals surface area contributed by atoms with Gasteiger partial charge in [-0.3, -0.25) is 0 Å². The van der Waals surface area contributed by atoms with E-state index in [1.165, 1.54) is 12.8 Å². The first-order valence-electron chi connectivity index (χ1n) is 7.62. The SMILES string of the molecule is CCNC1CCC(OCc2cn3ccccc3n2)CC1. The van der Waals surface area contributed by atoms with Crippen molar-refractivity contribution in [2.24, 2.45) is 0 Å². The van der Waals surface area contributed by atoms with Crippen molar-refractivity contribution >= 4 is 5.65 Å². The first-order chi connectivity index (χ1) is 9.85. The predicted molar refractivity (Wildman–Crippen MR) is 79.7 cm³/mol. The molecule has 0 amide bonds. The molecule has 0 radical (unpaired) electrons. The number of rotatable bonds is 5. The summed E-state index contributed by atoms with van der Waals surface area (Å²) in [6, 6.07) is 6.73. The van der Waals surface area contributed by atoms with Gasteiger partial charge in [-0.1, -0.05) is 13.0 Å². The van der Waals surface area contributed by atoms with Gasteiger partial charge in [0.05, 0.1) is 18.4 Å². The molecule has 3 rings (SSSR count). The Hall–Kier alpha value is -1.39. The van der Waals surface area contributed by atoms with Crippen LogP contribution < -0.4 is 5.32 Å². The summed E-state index contributed by atoms with van der Waals surface area (Å²) < 4.78 is 8.06. The summed E-state index contributed by atoms with van der Waals surface area (Å²) in [5.74, 6) is 0. The summed E-state index contributed by atoms with van der Waals surface area (Å²) in [4.78, 5) is 4.57. The molecule has 1 aliphatic carbocycles. The van der Waals surface area contributed by atoms with E-state index in [1.807, 2.05) is 28.8 Å². The Morgan fingerprint density at radius 3 is 2.90 bits per heavy atom. The average Bonchev–Trinajstić information content (AvgIpc) is 2.90. The Balaban J connectivity index is 1.50. The molecule has 2 heterocycles. The third-order valence-corrected chi connectivity index (χ3v) is 4.05. The van der Waals surface area contributed by atoms with Crippen LogP contribution in [0.2, 0.25) is 0 Å². The van der Waals surface area contributed by atoms with Gasteiger partial charge in [0.2, 0.25) is 0 Å². The number of pyridine rings is 1. The highest BCUT2D eigenvalue weighted by Crippen LogP contribution is 2.22. The zero-order valence-corrected chi connectivity index (χ0v) is 12.1. The lowest BCUT2D eigenvalue weighted by Gasteiger charge is -2.28. The number of nitrogens with zero attached hydrogens (tertiary/aromatic N) is 2. The number of imidazole rings is 1. The van der Waals surface area contributed by atoms with E-state index in [0.29, 0.717) is 18.8 Å². The van der Waals surface area contributed by atoms with Crippen LogP contribution in [-0.4, -0.2) is 28.1 Å². The Morgan fingerprint density at radius 1 is 1.30 bits per heavy atom. The minimum absolute atomic E-state index is 0.398. The monoisotopic (exact) mass is 273 g/mol. The zero-order chi connectivity index (χ0) is 13.8. The molecule has 0 spiro atoms. The van der Waals surface area contributed by atoms with Gasteiger partial charge in [0.1, 0.15) is 5.65 Å². The standard InChI is InChI=1S/C16H23N3O/c1-2-17-13-6-8-15(9-7-13)20-12-14-11-19-10-4-3-5-16(19)18-14/h3-5,10-11,13,15,17H,2,6-9,12H2,1H3. The lowest BCUT2D eigenvalue weighted by Crippen LogP contribution is -2.35. The molecule has 1 saturated carbocycles. The number of fused-ring (bicyclic) bond motifs is 1. The van der Waals surface area contributed by atoms with Crippen molar-refractivity contribution in [1.82, 2.24) is 14.7 Å². The second-order valence-corrected chi connectivity index (χ2v) is 5.54. The summed E-state index contributed by atoms with van der Waals surface area (Å²) in [5, 5.41) is 3.53. The van der Waals surface area contributed by atoms with Gasteiger partial charge in [0, 0.05) is 18.4 Å². The maximum absolute atomic E-state index is 6.02. The van der Waals surface area contributed by atoms with Gasteiger partial charge < -0.3 is 14.5 Å². The van der Waals surface area contributed by atoms with Crippen molar-refractivity contribution in [1.29, 1.82) is 0 Å². The maximum atomic E-state index is 6.02. The van der Waals surface area contributed by atoms with Crippen LogP contribution >= 0.6 is 0 Å². The smallest absolute Gasteiger partial charge is 0.137 e. The lowest BCUT2D eigenvalue weighted by atomic mass is 9.93. The molecule has 1 fully saturated rings. The molecule has 0 bridgehead atoms. The molecule has 2 aromatic heterocycles. The quantitative estimate of drug-likeness (QED) is 0.910. The molecule has 108 valence electrons. The number of nitrogens with one attached hydrogen (secondary N) is 1. The summed E-state index contributed by atoms with van der Waals surface area (Å²) in [6.45, 7) is 3.86. The molecule has 20 heavy (non-hydrogen) atoms. The fourth-order valence-electron chi connectivity index (χ4n) is 2.98. The molecule has 4 nitrogen and oxygen atoms in total. The van der Waals surface area contributed by atoms with Crippen molar-refractivity contribution in [3.63, 3.8) is 0 Å². The number of hydrogen-bond acceptors (Lipinski definition) is 3. The third kappa shape index (κ3) is 3.19. The highest BCUT2D eigenvalue weighted by Gasteiger charge is 2.21. The van der Waals surface area contributed by atoms with E-state index < -0.39 is 0 Å². The van der Waals surface area contributed by atoms with Gasteiger partial charge in [-0.2, -0.15) is 0 Å². The third-order valence-electron chi connectivity index (χ3n) is 4.05. The highest BCUT2D eigenvalue weighted by molar-refractivity contribution is 5.39. The normalized spacial score (nSPS) is 23.2. The van der Waals surface area contributed by atoms with Crippen LogP contribution in [0.1, 0.15) is 38.3 Å². The Bertz CT molecular complexity index is 510. The lowest BCUT2D eigenvalue weighted by molar-refractivity contribution is 0.0101. The van der Waals surface area contributed by atoms with Crippen molar-refractivity contribution in [3.05, 3.63) is 36.3 Å². The van der Waals surface area contributed by atoms with E-state index in [2.05, 4.69) is 23.4 Å². The van der Waals surface area contributed by atoms with E-state index in [4.69, 9.17) is 4.74 Å². The molecule has 2 aromatic rings. The summed E-state index contributed by atoms with van der Waals surface area (Å²) >= 11 is 0. The molecule has 1 aliphatic rings. The molecular weight excluding hydrogens is 250 g/mol. The minimum Gasteiger partial charge on any atom is -0.372 e. The van der Waals surface area contributed by atoms with Crippen LogP contribution in [0.25, 0.3) is 5.65 Å². The fourth-order valence-corrected chi connectivity index (χ4v) is 2.98. The first-order valence-corrected chi connectivity index (χ1v) is 7.62. The summed E-state index contributed by atoms with van der Waals surface area (Å²) in [5.41, 5.74) is 2.01. The van der Waals surface area contributed by atoms with Crippen molar-refractivity contribution in [2.45, 2.75) is 51.4 Å². The van der Waals surface area contributed by atoms with E-state index in [9.17, 15) is 0 Å². The topological polar surface area (TPSA) is 38.6 Å². The summed E-state index contributed by atoms with van der Waals surface area (Å²) in [6.07, 6.45) is 9.24. The van der Waals surface area contributed by atoms with Crippen LogP contribution in [0.15, 0.2) is 30.6 Å². The van der Waals surface area contributed by atoms with Crippen LogP contribution in [-0.2, 0) is 11.3 Å². The van der Waals surface area contributed by atoms with Crippen LogP contribution in [0, 0.1) is 0 Å². The second-order valence-electron chi connectivity index (χ2n) is 5.54. The van der Waals surface area contributed by atoms with E-state index in [1.54, 1.807) is 0 Å². The van der Waals surface area contributed by atoms with Crippen molar-refractivity contribution in [3.8, 4) is 0 Å². The average molecular weight is 273 g/mol. The Kier molecular flexibility index (Phi) is 4.33. The van der Waals surface area contributed by atoms with E-state index in [0.717, 1.165) is 30.7 Å². The van der Waals surface area contributed by atoms with Gasteiger partial charge in [-0.05, 0) is 44.4 Å².